The molecule has 3 heteroatoms. The van der Waals surface area contributed by atoms with Gasteiger partial charge in [-0.2, -0.15) is 0 Å². The predicted molar refractivity (Wildman–Crippen MR) is 233 cm³/mol. The molecule has 0 aliphatic carbocycles. The van der Waals surface area contributed by atoms with E-state index in [9.17, 15) is 0 Å². The van der Waals surface area contributed by atoms with Gasteiger partial charge >= 0.3 is 0 Å². The molecule has 0 saturated carbocycles. The summed E-state index contributed by atoms with van der Waals surface area (Å²) in [6, 6.07) is 75.4. The molecule has 0 unspecified atom stereocenters. The molecule has 0 amide bonds. The highest BCUT2D eigenvalue weighted by molar-refractivity contribution is 7.22. The summed E-state index contributed by atoms with van der Waals surface area (Å²) in [6.07, 6.45) is 0. The molecule has 10 aromatic rings. The first-order valence-corrected chi connectivity index (χ1v) is 20.9. The first-order chi connectivity index (χ1) is 27.2. The molecule has 8 aromatic carbocycles. The van der Waals surface area contributed by atoms with Crippen molar-refractivity contribution in [1.29, 1.82) is 0 Å². The fourth-order valence-corrected chi connectivity index (χ4v) is 14.1. The Kier molecular flexibility index (Phi) is 7.22. The quantitative estimate of drug-likeness (QED) is 0.131. The Hall–Kier alpha value is -6.94. The van der Waals surface area contributed by atoms with Crippen LogP contribution in [0.2, 0.25) is 0 Å². The van der Waals surface area contributed by atoms with E-state index in [1.807, 2.05) is 0 Å². The van der Waals surface area contributed by atoms with Crippen molar-refractivity contribution in [3.05, 3.63) is 206 Å². The summed E-state index contributed by atoms with van der Waals surface area (Å²) in [5, 5.41) is 10.3. The normalized spacial score (nSPS) is 12.9. The molecular formula is C52H34N2Si. The first-order valence-electron chi connectivity index (χ1n) is 18.9. The number of rotatable bonds is 5. The van der Waals surface area contributed by atoms with E-state index in [-0.39, 0.29) is 0 Å². The highest BCUT2D eigenvalue weighted by Crippen LogP contribution is 2.35. The summed E-state index contributed by atoms with van der Waals surface area (Å²) < 4.78 is 0. The maximum absolute atomic E-state index is 5.31. The molecule has 0 radical (unpaired) electrons. The van der Waals surface area contributed by atoms with Gasteiger partial charge in [0.25, 0.3) is 0 Å². The maximum atomic E-state index is 5.31. The van der Waals surface area contributed by atoms with Crippen LogP contribution in [-0.2, 0) is 0 Å². The van der Waals surface area contributed by atoms with E-state index in [0.717, 1.165) is 44.3 Å². The predicted octanol–water partition coefficient (Wildman–Crippen LogP) is 10.3. The number of pyridine rings is 2. The van der Waals surface area contributed by atoms with Crippen LogP contribution in [0, 0.1) is 0 Å². The third-order valence-corrected chi connectivity index (χ3v) is 16.4. The van der Waals surface area contributed by atoms with Crippen molar-refractivity contribution < 1.29 is 0 Å². The number of hydrogen-bond acceptors (Lipinski definition) is 2. The molecule has 11 rings (SSSR count). The maximum Gasteiger partial charge on any atom is 0.180 e. The molecule has 0 N–H and O–H groups in total. The van der Waals surface area contributed by atoms with Crippen LogP contribution in [0.3, 0.4) is 0 Å². The molecule has 2 nitrogen and oxygen atoms in total. The lowest BCUT2D eigenvalue weighted by Crippen LogP contribution is -2.72. The van der Waals surface area contributed by atoms with E-state index in [1.54, 1.807) is 0 Å². The standard InChI is InChI=1S/C52H34N2Si/c1-3-16-43(17-4-1)55(44-18-5-2-6-19-44)49-21-10-9-20-45(49)46-34-40(28-31-50(46)55)39-14-11-15-41(33-39)47-29-26-36-23-24-37-27-30-48(54-52(37)51(36)53-47)42-25-22-35-12-7-8-13-38(35)32-42/h1-34H. The van der Waals surface area contributed by atoms with Crippen LogP contribution in [0.15, 0.2) is 206 Å². The number of fused-ring (bicyclic) bond motifs is 7. The third kappa shape index (κ3) is 5.01. The summed E-state index contributed by atoms with van der Waals surface area (Å²) in [7, 11) is -2.52. The Morgan fingerprint density at radius 3 is 1.51 bits per heavy atom. The molecule has 1 aliphatic heterocycles. The average molecular weight is 715 g/mol. The second-order valence-electron chi connectivity index (χ2n) is 14.5. The van der Waals surface area contributed by atoms with Gasteiger partial charge in [0.1, 0.15) is 0 Å². The van der Waals surface area contributed by atoms with E-state index in [0.29, 0.717) is 0 Å². The molecule has 256 valence electrons. The summed E-state index contributed by atoms with van der Waals surface area (Å²) in [6.45, 7) is 0. The molecule has 0 fully saturated rings. The monoisotopic (exact) mass is 714 g/mol. The number of hydrogen-bond donors (Lipinski definition) is 0. The van der Waals surface area contributed by atoms with Gasteiger partial charge in [-0.1, -0.05) is 176 Å². The minimum absolute atomic E-state index is 0.917. The summed E-state index contributed by atoms with van der Waals surface area (Å²) in [5.74, 6) is 0. The summed E-state index contributed by atoms with van der Waals surface area (Å²) in [4.78, 5) is 10.5. The first kappa shape index (κ1) is 31.6. The van der Waals surface area contributed by atoms with Gasteiger partial charge in [0, 0.05) is 21.9 Å². The van der Waals surface area contributed by atoms with Gasteiger partial charge in [-0.25, -0.2) is 9.97 Å². The van der Waals surface area contributed by atoms with E-state index in [2.05, 4.69) is 206 Å². The van der Waals surface area contributed by atoms with Crippen molar-refractivity contribution in [2.24, 2.45) is 0 Å². The fraction of sp³-hybridized carbons (Fsp3) is 0. The van der Waals surface area contributed by atoms with Gasteiger partial charge in [0.2, 0.25) is 0 Å². The molecule has 0 atom stereocenters. The van der Waals surface area contributed by atoms with Crippen molar-refractivity contribution in [2.75, 3.05) is 0 Å². The second-order valence-corrected chi connectivity index (χ2v) is 18.3. The van der Waals surface area contributed by atoms with Crippen LogP contribution in [-0.4, -0.2) is 18.0 Å². The lowest BCUT2D eigenvalue weighted by atomic mass is 9.97. The van der Waals surface area contributed by atoms with E-state index >= 15 is 0 Å². The smallest absolute Gasteiger partial charge is 0.180 e. The van der Waals surface area contributed by atoms with Crippen molar-refractivity contribution in [3.8, 4) is 44.8 Å². The Morgan fingerprint density at radius 1 is 0.291 bits per heavy atom. The second kappa shape index (κ2) is 12.6. The van der Waals surface area contributed by atoms with Crippen LogP contribution in [0.25, 0.3) is 77.3 Å². The lowest BCUT2D eigenvalue weighted by molar-refractivity contribution is 1.37. The molecule has 2 aromatic heterocycles. The number of nitrogens with zero attached hydrogens (tertiary/aromatic N) is 2. The van der Waals surface area contributed by atoms with Crippen molar-refractivity contribution in [2.45, 2.75) is 0 Å². The van der Waals surface area contributed by atoms with Crippen molar-refractivity contribution in [1.82, 2.24) is 9.97 Å². The molecule has 0 spiro atoms. The third-order valence-electron chi connectivity index (χ3n) is 11.5. The minimum Gasteiger partial charge on any atom is -0.245 e. The van der Waals surface area contributed by atoms with Crippen molar-refractivity contribution in [3.63, 3.8) is 0 Å². The van der Waals surface area contributed by atoms with Gasteiger partial charge in [0.05, 0.1) is 22.4 Å². The van der Waals surface area contributed by atoms with Gasteiger partial charge in [-0.05, 0) is 84.1 Å². The van der Waals surface area contributed by atoms with Crippen LogP contribution in [0.5, 0.6) is 0 Å². The topological polar surface area (TPSA) is 25.8 Å². The van der Waals surface area contributed by atoms with Crippen LogP contribution < -0.4 is 20.7 Å². The molecule has 0 saturated heterocycles. The van der Waals surface area contributed by atoms with E-state index in [1.165, 1.54) is 53.8 Å². The van der Waals surface area contributed by atoms with Crippen LogP contribution in [0.1, 0.15) is 0 Å². The minimum atomic E-state index is -2.52. The highest BCUT2D eigenvalue weighted by atomic mass is 28.3. The van der Waals surface area contributed by atoms with Gasteiger partial charge in [0.15, 0.2) is 8.07 Å². The van der Waals surface area contributed by atoms with Crippen LogP contribution in [0.4, 0.5) is 0 Å². The van der Waals surface area contributed by atoms with Crippen LogP contribution >= 0.6 is 0 Å². The number of aromatic nitrogens is 2. The Labute approximate surface area is 321 Å². The van der Waals surface area contributed by atoms with Gasteiger partial charge < -0.3 is 0 Å². The Balaban J connectivity index is 1.02. The molecular weight excluding hydrogens is 681 g/mol. The average Bonchev–Trinajstić information content (AvgIpc) is 3.57. The molecule has 0 bridgehead atoms. The lowest BCUT2D eigenvalue weighted by Gasteiger charge is -2.31. The molecule has 55 heavy (non-hydrogen) atoms. The zero-order valence-electron chi connectivity index (χ0n) is 30.0. The highest BCUT2D eigenvalue weighted by Gasteiger charge is 2.48. The summed E-state index contributed by atoms with van der Waals surface area (Å²) in [5.41, 5.74) is 11.0. The fourth-order valence-electron chi connectivity index (χ4n) is 8.92. The number of benzene rings is 8. The molecule has 3 heterocycles. The van der Waals surface area contributed by atoms with E-state index < -0.39 is 8.07 Å². The Bertz CT molecular complexity index is 3060. The largest absolute Gasteiger partial charge is 0.245 e. The summed E-state index contributed by atoms with van der Waals surface area (Å²) >= 11 is 0. The zero-order valence-corrected chi connectivity index (χ0v) is 31.0. The van der Waals surface area contributed by atoms with Gasteiger partial charge in [-0.3, -0.25) is 0 Å². The van der Waals surface area contributed by atoms with Crippen molar-refractivity contribution >= 4 is 61.4 Å². The van der Waals surface area contributed by atoms with E-state index in [4.69, 9.17) is 9.97 Å². The SMILES string of the molecule is c1ccc([Si]2(c3ccccc3)c3ccccc3-c3cc(-c4cccc(-c5ccc6ccc7ccc(-c8ccc9ccccc9c8)nc7c6n5)c4)ccc32)cc1. The Morgan fingerprint density at radius 2 is 0.800 bits per heavy atom. The zero-order chi connectivity index (χ0) is 36.3. The van der Waals surface area contributed by atoms with Gasteiger partial charge in [-0.15, -0.1) is 0 Å². The molecule has 1 aliphatic rings.